The van der Waals surface area contributed by atoms with Crippen molar-refractivity contribution in [2.75, 3.05) is 22.3 Å². The molecular weight excluding hydrogens is 445 g/mol. The molecular formula is C20H24FN3O5S2. The molecule has 1 amide bonds. The van der Waals surface area contributed by atoms with Gasteiger partial charge in [0.05, 0.1) is 11.4 Å². The topological polar surface area (TPSA) is 121 Å². The van der Waals surface area contributed by atoms with Gasteiger partial charge in [-0.2, -0.15) is 0 Å². The fraction of sp³-hybridized carbons (Fsp3) is 0.250. The number of benzene rings is 2. The van der Waals surface area contributed by atoms with Crippen molar-refractivity contribution < 1.29 is 26.0 Å². The van der Waals surface area contributed by atoms with E-state index >= 15 is 0 Å². The van der Waals surface area contributed by atoms with Crippen LogP contribution in [0.2, 0.25) is 0 Å². The first-order valence-electron chi connectivity index (χ1n) is 9.32. The maximum atomic E-state index is 14.1. The normalized spacial score (nSPS) is 11.7. The van der Waals surface area contributed by atoms with Crippen molar-refractivity contribution in [2.24, 2.45) is 0 Å². The van der Waals surface area contributed by atoms with Crippen molar-refractivity contribution >= 4 is 37.3 Å². The van der Waals surface area contributed by atoms with Gasteiger partial charge in [-0.15, -0.1) is 6.58 Å². The van der Waals surface area contributed by atoms with E-state index in [0.29, 0.717) is 23.4 Å². The summed E-state index contributed by atoms with van der Waals surface area (Å²) >= 11 is 0. The van der Waals surface area contributed by atoms with E-state index in [9.17, 15) is 26.0 Å². The predicted octanol–water partition coefficient (Wildman–Crippen LogP) is 3.00. The molecule has 0 unspecified atom stereocenters. The Morgan fingerprint density at radius 3 is 2.45 bits per heavy atom. The fourth-order valence-corrected chi connectivity index (χ4v) is 4.96. The summed E-state index contributed by atoms with van der Waals surface area (Å²) in [5, 5.41) is 2.60. The largest absolute Gasteiger partial charge is 0.322 e. The number of amides is 1. The molecule has 0 aliphatic carbocycles. The summed E-state index contributed by atoms with van der Waals surface area (Å²) in [5.41, 5.74) is 1.01. The highest BCUT2D eigenvalue weighted by molar-refractivity contribution is 7.92. The third kappa shape index (κ3) is 6.36. The zero-order valence-electron chi connectivity index (χ0n) is 17.1. The summed E-state index contributed by atoms with van der Waals surface area (Å²) in [6.45, 7) is 6.66. The van der Waals surface area contributed by atoms with Gasteiger partial charge < -0.3 is 5.32 Å². The van der Waals surface area contributed by atoms with Gasteiger partial charge in [-0.1, -0.05) is 19.1 Å². The van der Waals surface area contributed by atoms with Crippen LogP contribution in [0.15, 0.2) is 53.9 Å². The lowest BCUT2D eigenvalue weighted by Crippen LogP contribution is -2.25. The Bertz CT molecular complexity index is 1200. The van der Waals surface area contributed by atoms with E-state index in [4.69, 9.17) is 0 Å². The van der Waals surface area contributed by atoms with E-state index in [1.807, 2.05) is 0 Å². The summed E-state index contributed by atoms with van der Waals surface area (Å²) in [7, 11) is -7.70. The van der Waals surface area contributed by atoms with E-state index in [1.54, 1.807) is 32.0 Å². The quantitative estimate of drug-likeness (QED) is 0.462. The molecule has 0 heterocycles. The van der Waals surface area contributed by atoms with Crippen LogP contribution in [0.5, 0.6) is 0 Å². The molecule has 2 aromatic carbocycles. The number of carbonyl (C=O) groups is 1. The minimum atomic E-state index is -4.18. The molecule has 0 bridgehead atoms. The summed E-state index contributed by atoms with van der Waals surface area (Å²) in [4.78, 5) is 12.0. The Labute approximate surface area is 181 Å². The molecule has 0 radical (unpaired) electrons. The molecule has 2 rings (SSSR count). The second-order valence-corrected chi connectivity index (χ2v) is 10.2. The maximum absolute atomic E-state index is 14.1. The summed E-state index contributed by atoms with van der Waals surface area (Å²) in [6, 6.07) is 7.66. The highest BCUT2D eigenvalue weighted by Crippen LogP contribution is 2.25. The molecule has 0 atom stereocenters. The van der Waals surface area contributed by atoms with E-state index in [-0.39, 0.29) is 17.9 Å². The molecule has 0 saturated heterocycles. The van der Waals surface area contributed by atoms with Crippen molar-refractivity contribution in [3.63, 3.8) is 0 Å². The second-order valence-electron chi connectivity index (χ2n) is 6.64. The molecule has 2 aromatic rings. The lowest BCUT2D eigenvalue weighted by molar-refractivity contribution is 0.102. The SMILES string of the molecule is C=CCNS(=O)(=O)c1cc(C(=O)Nc2cccc(NS(=O)(=O)CCC)c2C)ccc1F. The van der Waals surface area contributed by atoms with Crippen molar-refractivity contribution in [1.82, 2.24) is 4.72 Å². The molecule has 0 aliphatic rings. The van der Waals surface area contributed by atoms with Crippen molar-refractivity contribution in [2.45, 2.75) is 25.2 Å². The molecule has 168 valence electrons. The van der Waals surface area contributed by atoms with Gasteiger partial charge >= 0.3 is 0 Å². The molecule has 11 heteroatoms. The standard InChI is InChI=1S/C20H24FN3O5S2/c1-4-11-22-31(28,29)19-13-15(9-10-16(19)21)20(25)23-17-7-6-8-18(14(17)3)24-30(26,27)12-5-2/h4,6-10,13,22,24H,1,5,11-12H2,2-3H3,(H,23,25). The number of sulfonamides is 2. The minimum absolute atomic E-state index is 0.0459. The highest BCUT2D eigenvalue weighted by atomic mass is 32.2. The van der Waals surface area contributed by atoms with Gasteiger partial charge in [0.2, 0.25) is 20.0 Å². The van der Waals surface area contributed by atoms with Gasteiger partial charge in [-0.05, 0) is 49.2 Å². The zero-order valence-corrected chi connectivity index (χ0v) is 18.7. The molecule has 31 heavy (non-hydrogen) atoms. The number of hydrogen-bond donors (Lipinski definition) is 3. The number of nitrogens with one attached hydrogen (secondary N) is 3. The van der Waals surface area contributed by atoms with Crippen LogP contribution in [-0.2, 0) is 20.0 Å². The third-order valence-corrected chi connectivity index (χ3v) is 7.14. The van der Waals surface area contributed by atoms with Gasteiger partial charge in [0.15, 0.2) is 0 Å². The highest BCUT2D eigenvalue weighted by Gasteiger charge is 2.21. The molecule has 3 N–H and O–H groups in total. The first kappa shape index (κ1) is 24.5. The van der Waals surface area contributed by atoms with Crippen LogP contribution >= 0.6 is 0 Å². The van der Waals surface area contributed by atoms with Crippen LogP contribution in [0.1, 0.15) is 29.3 Å². The molecule has 8 nitrogen and oxygen atoms in total. The number of halogens is 1. The van der Waals surface area contributed by atoms with Crippen LogP contribution in [0.25, 0.3) is 0 Å². The van der Waals surface area contributed by atoms with Gasteiger partial charge in [0, 0.05) is 17.8 Å². The van der Waals surface area contributed by atoms with Gasteiger partial charge in [-0.3, -0.25) is 9.52 Å². The zero-order chi connectivity index (χ0) is 23.2. The van der Waals surface area contributed by atoms with Gasteiger partial charge in [-0.25, -0.2) is 25.9 Å². The number of carbonyl (C=O) groups excluding carboxylic acids is 1. The summed E-state index contributed by atoms with van der Waals surface area (Å²) < 4.78 is 67.3. The first-order valence-corrected chi connectivity index (χ1v) is 12.5. The first-order chi connectivity index (χ1) is 14.5. The minimum Gasteiger partial charge on any atom is -0.322 e. The molecule has 0 aromatic heterocycles. The molecule has 0 fully saturated rings. The van der Waals surface area contributed by atoms with E-state index in [0.717, 1.165) is 18.2 Å². The number of anilines is 2. The number of rotatable bonds is 10. The second kappa shape index (κ2) is 10.0. The average molecular weight is 470 g/mol. The van der Waals surface area contributed by atoms with Crippen LogP contribution in [0, 0.1) is 12.7 Å². The van der Waals surface area contributed by atoms with Gasteiger partial charge in [0.1, 0.15) is 10.7 Å². The Balaban J connectivity index is 2.31. The number of hydrogen-bond acceptors (Lipinski definition) is 5. The maximum Gasteiger partial charge on any atom is 0.255 e. The van der Waals surface area contributed by atoms with Crippen molar-refractivity contribution in [3.8, 4) is 0 Å². The van der Waals surface area contributed by atoms with E-state index < -0.39 is 36.7 Å². The van der Waals surface area contributed by atoms with Crippen LogP contribution in [0.3, 0.4) is 0 Å². The average Bonchev–Trinajstić information content (AvgIpc) is 2.69. The summed E-state index contributed by atoms with van der Waals surface area (Å²) in [6.07, 6.45) is 1.75. The molecule has 0 saturated carbocycles. The monoisotopic (exact) mass is 469 g/mol. The lowest BCUT2D eigenvalue weighted by atomic mass is 10.1. The Kier molecular flexibility index (Phi) is 7.93. The van der Waals surface area contributed by atoms with E-state index in [1.165, 1.54) is 6.08 Å². The van der Waals surface area contributed by atoms with Crippen LogP contribution < -0.4 is 14.8 Å². The molecule has 0 spiro atoms. The Hall–Kier alpha value is -2.76. The lowest BCUT2D eigenvalue weighted by Gasteiger charge is -2.15. The van der Waals surface area contributed by atoms with E-state index in [2.05, 4.69) is 21.3 Å². The smallest absolute Gasteiger partial charge is 0.255 e. The third-order valence-electron chi connectivity index (χ3n) is 4.22. The summed E-state index contributed by atoms with van der Waals surface area (Å²) in [5.74, 6) is -1.73. The van der Waals surface area contributed by atoms with Gasteiger partial charge in [0.25, 0.3) is 5.91 Å². The van der Waals surface area contributed by atoms with Crippen LogP contribution in [-0.4, -0.2) is 35.0 Å². The van der Waals surface area contributed by atoms with Crippen molar-refractivity contribution in [1.29, 1.82) is 0 Å². The van der Waals surface area contributed by atoms with Crippen LogP contribution in [0.4, 0.5) is 15.8 Å². The Morgan fingerprint density at radius 1 is 1.13 bits per heavy atom. The Morgan fingerprint density at radius 2 is 1.81 bits per heavy atom. The molecule has 0 aliphatic heterocycles. The predicted molar refractivity (Wildman–Crippen MR) is 119 cm³/mol. The fourth-order valence-electron chi connectivity index (χ4n) is 2.66. The van der Waals surface area contributed by atoms with Crippen molar-refractivity contribution in [3.05, 3.63) is 66.0 Å².